The zero-order chi connectivity index (χ0) is 14.2. The second kappa shape index (κ2) is 5.33. The van der Waals surface area contributed by atoms with Crippen LogP contribution in [0.15, 0.2) is 17.4 Å². The third-order valence-electron chi connectivity index (χ3n) is 2.90. The molecule has 100 valence electrons. The lowest BCUT2D eigenvalue weighted by Gasteiger charge is -2.21. The number of anilines is 1. The maximum Gasteiger partial charge on any atom is 0.169 e. The lowest BCUT2D eigenvalue weighted by Crippen LogP contribution is -2.41. The van der Waals surface area contributed by atoms with Gasteiger partial charge in [-0.15, -0.1) is 0 Å². The molecule has 2 N–H and O–H groups in total. The van der Waals surface area contributed by atoms with Crippen LogP contribution in [0, 0.1) is 23.2 Å². The van der Waals surface area contributed by atoms with Gasteiger partial charge in [-0.3, -0.25) is 0 Å². The van der Waals surface area contributed by atoms with E-state index in [2.05, 4.69) is 16.2 Å². The molecule has 2 heterocycles. The fraction of sp³-hybridized carbons (Fsp3) is 0.417. The van der Waals surface area contributed by atoms with Gasteiger partial charge in [0.05, 0.1) is 21.8 Å². The average molecular weight is 298 g/mol. The van der Waals surface area contributed by atoms with Crippen LogP contribution in [0.4, 0.5) is 5.82 Å². The van der Waals surface area contributed by atoms with E-state index in [0.717, 1.165) is 5.71 Å². The van der Waals surface area contributed by atoms with Gasteiger partial charge in [0.2, 0.25) is 0 Å². The molecular weight excluding hydrogens is 285 g/mol. The SMILES string of the molecule is CC(C)C1=NN(c2ncc(Cl)cc2Cl)C(N)C1C#N. The topological polar surface area (TPSA) is 78.3 Å². The molecule has 1 aromatic heterocycles. The number of nitrogens with two attached hydrogens (primary N) is 1. The fourth-order valence-corrected chi connectivity index (χ4v) is 2.42. The molecule has 7 heteroatoms. The Hall–Kier alpha value is -1.35. The van der Waals surface area contributed by atoms with E-state index in [4.69, 9.17) is 28.9 Å². The summed E-state index contributed by atoms with van der Waals surface area (Å²) in [6, 6.07) is 3.75. The first-order valence-corrected chi connectivity index (χ1v) is 6.55. The first-order valence-electron chi connectivity index (χ1n) is 5.79. The highest BCUT2D eigenvalue weighted by molar-refractivity contribution is 6.36. The van der Waals surface area contributed by atoms with Gasteiger partial charge in [-0.05, 0) is 12.0 Å². The first kappa shape index (κ1) is 14.1. The number of nitriles is 1. The van der Waals surface area contributed by atoms with Gasteiger partial charge in [0.1, 0.15) is 12.1 Å². The molecule has 0 radical (unpaired) electrons. The van der Waals surface area contributed by atoms with Gasteiger partial charge < -0.3 is 5.73 Å². The van der Waals surface area contributed by atoms with Crippen molar-refractivity contribution in [1.29, 1.82) is 5.26 Å². The molecule has 0 fully saturated rings. The Morgan fingerprint density at radius 3 is 2.63 bits per heavy atom. The summed E-state index contributed by atoms with van der Waals surface area (Å²) in [5.74, 6) is 0.0785. The zero-order valence-electron chi connectivity index (χ0n) is 10.5. The molecule has 0 amide bonds. The van der Waals surface area contributed by atoms with E-state index in [9.17, 15) is 5.26 Å². The van der Waals surface area contributed by atoms with Crippen LogP contribution in [0.1, 0.15) is 13.8 Å². The number of rotatable bonds is 2. The summed E-state index contributed by atoms with van der Waals surface area (Å²) < 4.78 is 0. The van der Waals surface area contributed by atoms with Crippen LogP contribution in [-0.2, 0) is 0 Å². The molecule has 0 aliphatic carbocycles. The second-order valence-electron chi connectivity index (χ2n) is 4.58. The predicted octanol–water partition coefficient (Wildman–Crippen LogP) is 2.64. The highest BCUT2D eigenvalue weighted by Crippen LogP contribution is 2.32. The molecule has 0 saturated carbocycles. The number of halogens is 2. The molecule has 0 bridgehead atoms. The Morgan fingerprint density at radius 2 is 2.16 bits per heavy atom. The van der Waals surface area contributed by atoms with Crippen LogP contribution < -0.4 is 10.7 Å². The summed E-state index contributed by atoms with van der Waals surface area (Å²) in [6.45, 7) is 3.94. The van der Waals surface area contributed by atoms with Crippen LogP contribution in [-0.4, -0.2) is 16.9 Å². The standard InChI is InChI=1S/C12H13Cl2N5/c1-6(2)10-8(4-15)11(16)19(18-10)12-9(14)3-7(13)5-17-12/h3,5-6,8,11H,16H2,1-2H3. The first-order chi connectivity index (χ1) is 8.95. The number of aromatic nitrogens is 1. The number of hydrogen-bond donors (Lipinski definition) is 1. The number of pyridine rings is 1. The van der Waals surface area contributed by atoms with Gasteiger partial charge in [0.15, 0.2) is 5.82 Å². The Morgan fingerprint density at radius 1 is 1.47 bits per heavy atom. The normalized spacial score (nSPS) is 22.6. The summed E-state index contributed by atoms with van der Waals surface area (Å²) in [6.07, 6.45) is 0.883. The van der Waals surface area contributed by atoms with Crippen molar-refractivity contribution in [2.24, 2.45) is 22.7 Å². The van der Waals surface area contributed by atoms with E-state index in [1.165, 1.54) is 11.2 Å². The lowest BCUT2D eigenvalue weighted by molar-refractivity contribution is 0.610. The molecule has 0 saturated heterocycles. The van der Waals surface area contributed by atoms with Gasteiger partial charge in [0, 0.05) is 6.20 Å². The van der Waals surface area contributed by atoms with Crippen molar-refractivity contribution in [3.63, 3.8) is 0 Å². The van der Waals surface area contributed by atoms with Gasteiger partial charge in [-0.2, -0.15) is 10.4 Å². The zero-order valence-corrected chi connectivity index (χ0v) is 12.0. The van der Waals surface area contributed by atoms with Crippen molar-refractivity contribution in [1.82, 2.24) is 4.98 Å². The quantitative estimate of drug-likeness (QED) is 0.910. The second-order valence-corrected chi connectivity index (χ2v) is 5.42. The third kappa shape index (κ3) is 2.52. The van der Waals surface area contributed by atoms with Crippen LogP contribution >= 0.6 is 23.2 Å². The van der Waals surface area contributed by atoms with Crippen molar-refractivity contribution < 1.29 is 0 Å². The Labute approximate surface area is 121 Å². The molecule has 5 nitrogen and oxygen atoms in total. The highest BCUT2D eigenvalue weighted by atomic mass is 35.5. The third-order valence-corrected chi connectivity index (χ3v) is 3.39. The van der Waals surface area contributed by atoms with Crippen molar-refractivity contribution in [2.45, 2.75) is 20.0 Å². The van der Waals surface area contributed by atoms with Crippen molar-refractivity contribution in [3.8, 4) is 6.07 Å². The molecular formula is C12H13Cl2N5. The van der Waals surface area contributed by atoms with Gasteiger partial charge in [-0.1, -0.05) is 37.0 Å². The van der Waals surface area contributed by atoms with E-state index in [-0.39, 0.29) is 5.92 Å². The van der Waals surface area contributed by atoms with Crippen molar-refractivity contribution >= 4 is 34.7 Å². The molecule has 19 heavy (non-hydrogen) atoms. The number of hydrogen-bond acceptors (Lipinski definition) is 5. The van der Waals surface area contributed by atoms with Crippen molar-refractivity contribution in [3.05, 3.63) is 22.3 Å². The largest absolute Gasteiger partial charge is 0.308 e. The molecule has 1 aliphatic rings. The van der Waals surface area contributed by atoms with E-state index >= 15 is 0 Å². The van der Waals surface area contributed by atoms with Crippen LogP contribution in [0.2, 0.25) is 10.0 Å². The van der Waals surface area contributed by atoms with E-state index in [1.807, 2.05) is 13.8 Å². The molecule has 1 aliphatic heterocycles. The summed E-state index contributed by atoms with van der Waals surface area (Å²) in [5, 5.41) is 15.9. The maximum absolute atomic E-state index is 9.22. The molecule has 2 atom stereocenters. The maximum atomic E-state index is 9.22. The van der Waals surface area contributed by atoms with Crippen LogP contribution in [0.3, 0.4) is 0 Å². The minimum Gasteiger partial charge on any atom is -0.308 e. The molecule has 1 aromatic rings. The summed E-state index contributed by atoms with van der Waals surface area (Å²) in [4.78, 5) is 4.14. The summed E-state index contributed by atoms with van der Waals surface area (Å²) in [7, 11) is 0. The van der Waals surface area contributed by atoms with Crippen molar-refractivity contribution in [2.75, 3.05) is 5.01 Å². The lowest BCUT2D eigenvalue weighted by atomic mass is 9.94. The minimum absolute atomic E-state index is 0.131. The Kier molecular flexibility index (Phi) is 3.95. The monoisotopic (exact) mass is 297 g/mol. The summed E-state index contributed by atoms with van der Waals surface area (Å²) in [5.41, 5.74) is 6.80. The molecule has 0 aromatic carbocycles. The van der Waals surface area contributed by atoms with Gasteiger partial charge >= 0.3 is 0 Å². The van der Waals surface area contributed by atoms with Crippen LogP contribution in [0.5, 0.6) is 0 Å². The number of nitrogens with zero attached hydrogens (tertiary/aromatic N) is 4. The van der Waals surface area contributed by atoms with Gasteiger partial charge in [0.25, 0.3) is 0 Å². The Bertz CT molecular complexity index is 564. The number of hydrazone groups is 1. The predicted molar refractivity (Wildman–Crippen MR) is 76.1 cm³/mol. The Balaban J connectivity index is 2.43. The smallest absolute Gasteiger partial charge is 0.169 e. The van der Waals surface area contributed by atoms with Gasteiger partial charge in [-0.25, -0.2) is 9.99 Å². The van der Waals surface area contributed by atoms with Crippen LogP contribution in [0.25, 0.3) is 0 Å². The minimum atomic E-state index is -0.589. The molecule has 2 rings (SSSR count). The molecule has 0 spiro atoms. The average Bonchev–Trinajstić information content (AvgIpc) is 2.66. The summed E-state index contributed by atoms with van der Waals surface area (Å²) >= 11 is 11.9. The molecule has 2 unspecified atom stereocenters. The van der Waals surface area contributed by atoms with E-state index < -0.39 is 12.1 Å². The van der Waals surface area contributed by atoms with E-state index in [0.29, 0.717) is 15.9 Å². The van der Waals surface area contributed by atoms with E-state index in [1.54, 1.807) is 6.07 Å². The highest BCUT2D eigenvalue weighted by Gasteiger charge is 2.38. The fourth-order valence-electron chi connectivity index (χ4n) is 1.95.